The Morgan fingerprint density at radius 2 is 2.46 bits per heavy atom. The van der Waals surface area contributed by atoms with Gasteiger partial charge >= 0.3 is 0 Å². The molecule has 0 saturated carbocycles. The molecule has 0 aromatic carbocycles. The van der Waals surface area contributed by atoms with Crippen LogP contribution in [-0.2, 0) is 6.42 Å². The molecule has 6 heteroatoms. The third-order valence-corrected chi connectivity index (χ3v) is 2.33. The van der Waals surface area contributed by atoms with E-state index < -0.39 is 0 Å². The Bertz CT molecular complexity index is 366. The number of aromatic nitrogens is 4. The van der Waals surface area contributed by atoms with Gasteiger partial charge in [0, 0.05) is 12.6 Å². The Morgan fingerprint density at radius 1 is 1.54 bits per heavy atom. The number of thiazole rings is 1. The molecular formula is C7H9N5S. The molecule has 0 amide bonds. The van der Waals surface area contributed by atoms with E-state index in [4.69, 9.17) is 5.73 Å². The zero-order valence-electron chi connectivity index (χ0n) is 6.90. The van der Waals surface area contributed by atoms with Gasteiger partial charge in [-0.2, -0.15) is 5.10 Å². The molecule has 0 aliphatic carbocycles. The predicted molar refractivity (Wildman–Crippen MR) is 50.2 cm³/mol. The highest BCUT2D eigenvalue weighted by molar-refractivity contribution is 7.13. The number of aromatic amines is 1. The van der Waals surface area contributed by atoms with E-state index in [0.29, 0.717) is 12.4 Å². The summed E-state index contributed by atoms with van der Waals surface area (Å²) >= 11 is 1.52. The molecule has 0 bridgehead atoms. The van der Waals surface area contributed by atoms with Gasteiger partial charge in [-0.15, -0.1) is 11.3 Å². The van der Waals surface area contributed by atoms with Crippen LogP contribution in [0, 0.1) is 0 Å². The molecule has 0 spiro atoms. The van der Waals surface area contributed by atoms with Gasteiger partial charge < -0.3 is 5.73 Å². The largest absolute Gasteiger partial charge is 0.330 e. The summed E-state index contributed by atoms with van der Waals surface area (Å²) in [6.07, 6.45) is 2.48. The lowest BCUT2D eigenvalue weighted by Gasteiger charge is -1.86. The fraction of sp³-hybridized carbons (Fsp3) is 0.286. The predicted octanol–water partition coefficient (Wildman–Crippen LogP) is 0.429. The quantitative estimate of drug-likeness (QED) is 0.744. The molecule has 5 nitrogen and oxygen atoms in total. The summed E-state index contributed by atoms with van der Waals surface area (Å²) < 4.78 is 0. The summed E-state index contributed by atoms with van der Waals surface area (Å²) in [5.41, 5.74) is 7.15. The van der Waals surface area contributed by atoms with E-state index in [9.17, 15) is 0 Å². The van der Waals surface area contributed by atoms with Crippen LogP contribution in [0.15, 0.2) is 11.7 Å². The van der Waals surface area contributed by atoms with Crippen molar-refractivity contribution in [2.75, 3.05) is 6.54 Å². The highest BCUT2D eigenvalue weighted by Crippen LogP contribution is 2.18. The van der Waals surface area contributed by atoms with Crippen molar-refractivity contribution in [3.63, 3.8) is 0 Å². The highest BCUT2D eigenvalue weighted by atomic mass is 32.1. The zero-order valence-corrected chi connectivity index (χ0v) is 7.71. The van der Waals surface area contributed by atoms with Crippen molar-refractivity contribution in [2.45, 2.75) is 6.42 Å². The smallest absolute Gasteiger partial charge is 0.192 e. The zero-order chi connectivity index (χ0) is 9.10. The summed E-state index contributed by atoms with van der Waals surface area (Å²) in [4.78, 5) is 9.19. The van der Waals surface area contributed by atoms with Crippen molar-refractivity contribution in [3.8, 4) is 10.7 Å². The van der Waals surface area contributed by atoms with E-state index in [0.717, 1.165) is 17.1 Å². The normalized spacial score (nSPS) is 10.5. The van der Waals surface area contributed by atoms with Gasteiger partial charge in [-0.05, 0) is 6.54 Å². The third kappa shape index (κ3) is 1.73. The highest BCUT2D eigenvalue weighted by Gasteiger charge is 2.05. The molecule has 0 aliphatic rings. The monoisotopic (exact) mass is 195 g/mol. The van der Waals surface area contributed by atoms with E-state index in [1.807, 2.05) is 0 Å². The standard InChI is InChI=1S/C7H9N5S/c8-2-1-6-10-7(12-11-6)5-3-9-4-13-5/h3-4H,1-2,8H2,(H,10,11,12). The maximum Gasteiger partial charge on any atom is 0.192 e. The van der Waals surface area contributed by atoms with Crippen LogP contribution in [0.2, 0.25) is 0 Å². The molecule has 2 rings (SSSR count). The number of H-pyrrole nitrogens is 1. The number of rotatable bonds is 3. The molecule has 13 heavy (non-hydrogen) atoms. The lowest BCUT2D eigenvalue weighted by molar-refractivity contribution is 0.874. The van der Waals surface area contributed by atoms with Gasteiger partial charge in [-0.3, -0.25) is 10.1 Å². The average Bonchev–Trinajstić information content (AvgIpc) is 2.70. The fourth-order valence-corrected chi connectivity index (χ4v) is 1.53. The molecule has 2 aromatic heterocycles. The Kier molecular flexibility index (Phi) is 2.33. The lowest BCUT2D eigenvalue weighted by atomic mass is 10.4. The summed E-state index contributed by atoms with van der Waals surface area (Å²) in [6, 6.07) is 0. The van der Waals surface area contributed by atoms with Crippen molar-refractivity contribution in [3.05, 3.63) is 17.5 Å². The first-order valence-corrected chi connectivity index (χ1v) is 4.78. The van der Waals surface area contributed by atoms with E-state index in [2.05, 4.69) is 20.2 Å². The van der Waals surface area contributed by atoms with Crippen LogP contribution < -0.4 is 5.73 Å². The minimum atomic E-state index is 0.581. The molecule has 0 saturated heterocycles. The Labute approximate surface area is 79.0 Å². The van der Waals surface area contributed by atoms with Crippen LogP contribution in [0.5, 0.6) is 0 Å². The summed E-state index contributed by atoms with van der Waals surface area (Å²) in [5.74, 6) is 1.52. The van der Waals surface area contributed by atoms with Gasteiger partial charge in [0.05, 0.1) is 10.4 Å². The molecule has 2 aromatic rings. The molecule has 0 radical (unpaired) electrons. The molecular weight excluding hydrogens is 186 g/mol. The van der Waals surface area contributed by atoms with Crippen molar-refractivity contribution in [1.29, 1.82) is 0 Å². The lowest BCUT2D eigenvalue weighted by Crippen LogP contribution is -2.03. The minimum Gasteiger partial charge on any atom is -0.330 e. The summed E-state index contributed by atoms with van der Waals surface area (Å²) in [6.45, 7) is 0.581. The van der Waals surface area contributed by atoms with E-state index in [1.165, 1.54) is 11.3 Å². The van der Waals surface area contributed by atoms with Crippen molar-refractivity contribution < 1.29 is 0 Å². The van der Waals surface area contributed by atoms with E-state index in [-0.39, 0.29) is 0 Å². The Balaban J connectivity index is 2.23. The van der Waals surface area contributed by atoms with Crippen LogP contribution in [0.25, 0.3) is 10.7 Å². The molecule has 0 fully saturated rings. The van der Waals surface area contributed by atoms with Crippen molar-refractivity contribution >= 4 is 11.3 Å². The van der Waals surface area contributed by atoms with Gasteiger partial charge in [0.15, 0.2) is 5.82 Å². The van der Waals surface area contributed by atoms with Gasteiger partial charge in [0.25, 0.3) is 0 Å². The average molecular weight is 195 g/mol. The number of nitrogens with two attached hydrogens (primary N) is 1. The number of nitrogens with one attached hydrogen (secondary N) is 1. The summed E-state index contributed by atoms with van der Waals surface area (Å²) in [7, 11) is 0. The van der Waals surface area contributed by atoms with Crippen LogP contribution in [0.3, 0.4) is 0 Å². The van der Waals surface area contributed by atoms with Gasteiger partial charge in [0.1, 0.15) is 5.82 Å². The summed E-state index contributed by atoms with van der Waals surface area (Å²) in [5, 5.41) is 6.89. The number of hydrogen-bond donors (Lipinski definition) is 2. The van der Waals surface area contributed by atoms with Gasteiger partial charge in [-0.25, -0.2) is 4.98 Å². The number of hydrogen-bond acceptors (Lipinski definition) is 5. The van der Waals surface area contributed by atoms with E-state index in [1.54, 1.807) is 11.7 Å². The SMILES string of the molecule is NCCc1nc(-c2cncs2)n[nH]1. The molecule has 3 N–H and O–H groups in total. The van der Waals surface area contributed by atoms with Crippen molar-refractivity contribution in [2.24, 2.45) is 5.73 Å². The Morgan fingerprint density at radius 3 is 3.15 bits per heavy atom. The molecule has 0 atom stereocenters. The van der Waals surface area contributed by atoms with Gasteiger partial charge in [-0.1, -0.05) is 0 Å². The first kappa shape index (κ1) is 8.33. The maximum atomic E-state index is 5.39. The molecule has 68 valence electrons. The molecule has 2 heterocycles. The minimum absolute atomic E-state index is 0.581. The second-order valence-corrected chi connectivity index (χ2v) is 3.40. The third-order valence-electron chi connectivity index (χ3n) is 1.57. The topological polar surface area (TPSA) is 80.5 Å². The van der Waals surface area contributed by atoms with E-state index >= 15 is 0 Å². The molecule has 0 unspecified atom stereocenters. The van der Waals surface area contributed by atoms with Crippen LogP contribution in [0.4, 0.5) is 0 Å². The first-order valence-electron chi connectivity index (χ1n) is 3.90. The fourth-order valence-electron chi connectivity index (χ4n) is 0.980. The maximum absolute atomic E-state index is 5.39. The van der Waals surface area contributed by atoms with Crippen LogP contribution in [-0.4, -0.2) is 26.7 Å². The Hall–Kier alpha value is -1.27. The van der Waals surface area contributed by atoms with Crippen molar-refractivity contribution in [1.82, 2.24) is 20.2 Å². The number of nitrogens with zero attached hydrogens (tertiary/aromatic N) is 3. The van der Waals surface area contributed by atoms with Gasteiger partial charge in [0.2, 0.25) is 0 Å². The first-order chi connectivity index (χ1) is 6.40. The second kappa shape index (κ2) is 3.63. The van der Waals surface area contributed by atoms with Crippen LogP contribution >= 0.6 is 11.3 Å². The molecule has 0 aliphatic heterocycles. The second-order valence-electron chi connectivity index (χ2n) is 2.51. The van der Waals surface area contributed by atoms with Crippen LogP contribution in [0.1, 0.15) is 5.82 Å².